The molecule has 120 valence electrons. The number of carbonyl (C=O) groups excluding carboxylic acids is 1. The highest BCUT2D eigenvalue weighted by Crippen LogP contribution is 2.28. The lowest BCUT2D eigenvalue weighted by Crippen LogP contribution is -2.61. The van der Waals surface area contributed by atoms with Crippen LogP contribution in [-0.2, 0) is 4.74 Å². The van der Waals surface area contributed by atoms with E-state index in [4.69, 9.17) is 4.74 Å². The second-order valence-corrected chi connectivity index (χ2v) is 6.17. The average Bonchev–Trinajstić information content (AvgIpc) is 2.56. The molecule has 0 bridgehead atoms. The molecule has 3 rings (SSSR count). The molecule has 0 radical (unpaired) electrons. The minimum Gasteiger partial charge on any atom is -0.376 e. The van der Waals surface area contributed by atoms with Gasteiger partial charge in [0, 0.05) is 32.1 Å². The molecule has 1 aromatic rings. The van der Waals surface area contributed by atoms with Gasteiger partial charge in [-0.25, -0.2) is 4.98 Å². The zero-order valence-corrected chi connectivity index (χ0v) is 13.1. The summed E-state index contributed by atoms with van der Waals surface area (Å²) in [4.78, 5) is 22.8. The lowest BCUT2D eigenvalue weighted by Gasteiger charge is -2.46. The summed E-state index contributed by atoms with van der Waals surface area (Å²) in [6.45, 7) is 5.99. The summed E-state index contributed by atoms with van der Waals surface area (Å²) in [5.74, 6) is 0.352. The molecular weight excluding hydrogens is 280 g/mol. The second kappa shape index (κ2) is 7.15. The molecule has 1 aromatic heterocycles. The summed E-state index contributed by atoms with van der Waals surface area (Å²) in [6, 6.07) is 0.0279. The van der Waals surface area contributed by atoms with Crippen LogP contribution in [0.5, 0.6) is 0 Å². The summed E-state index contributed by atoms with van der Waals surface area (Å²) in [5.41, 5.74) is 0.363. The smallest absolute Gasteiger partial charge is 0.271 e. The van der Waals surface area contributed by atoms with Crippen molar-refractivity contribution in [2.75, 3.05) is 26.2 Å². The summed E-state index contributed by atoms with van der Waals surface area (Å²) in [7, 11) is 0. The minimum absolute atomic E-state index is 0.0279. The summed E-state index contributed by atoms with van der Waals surface area (Å²) in [5, 5.41) is 3.11. The van der Waals surface area contributed by atoms with Crippen LogP contribution in [0.1, 0.15) is 36.7 Å². The lowest BCUT2D eigenvalue weighted by molar-refractivity contribution is -0.0832. The van der Waals surface area contributed by atoms with E-state index in [1.165, 1.54) is 12.6 Å². The molecule has 0 spiro atoms. The van der Waals surface area contributed by atoms with Crippen LogP contribution < -0.4 is 5.32 Å². The first-order valence-corrected chi connectivity index (χ1v) is 8.18. The molecular formula is C16H24N4O2. The Morgan fingerprint density at radius 2 is 2.36 bits per heavy atom. The Morgan fingerprint density at radius 1 is 1.45 bits per heavy atom. The molecule has 0 aromatic carbocycles. The van der Waals surface area contributed by atoms with Crippen LogP contribution in [0.4, 0.5) is 0 Å². The number of carbonyl (C=O) groups is 1. The van der Waals surface area contributed by atoms with E-state index < -0.39 is 0 Å². The fraction of sp³-hybridized carbons (Fsp3) is 0.688. The van der Waals surface area contributed by atoms with E-state index in [0.717, 1.165) is 39.1 Å². The maximum atomic E-state index is 12.4. The number of likely N-dealkylation sites (tertiary alicyclic amines) is 1. The molecule has 6 heteroatoms. The number of nitrogens with one attached hydrogen (secondary N) is 1. The molecule has 3 atom stereocenters. The number of aromatic nitrogens is 2. The number of nitrogens with zero attached hydrogens (tertiary/aromatic N) is 3. The Kier molecular flexibility index (Phi) is 5.00. The van der Waals surface area contributed by atoms with Crippen molar-refractivity contribution < 1.29 is 9.53 Å². The largest absolute Gasteiger partial charge is 0.376 e. The van der Waals surface area contributed by atoms with E-state index in [2.05, 4.69) is 27.1 Å². The van der Waals surface area contributed by atoms with Gasteiger partial charge in [-0.3, -0.25) is 9.78 Å². The number of amides is 1. The number of piperidine rings is 1. The summed E-state index contributed by atoms with van der Waals surface area (Å²) in [6.07, 6.45) is 8.17. The quantitative estimate of drug-likeness (QED) is 0.902. The molecule has 2 aliphatic heterocycles. The molecule has 1 amide bonds. The van der Waals surface area contributed by atoms with Crippen molar-refractivity contribution in [2.45, 2.75) is 38.3 Å². The van der Waals surface area contributed by atoms with Gasteiger partial charge in [0.25, 0.3) is 5.91 Å². The molecule has 0 aliphatic carbocycles. The highest BCUT2D eigenvalue weighted by atomic mass is 16.5. The van der Waals surface area contributed by atoms with Gasteiger partial charge in [-0.05, 0) is 31.7 Å². The van der Waals surface area contributed by atoms with Crippen molar-refractivity contribution >= 4 is 5.91 Å². The van der Waals surface area contributed by atoms with Gasteiger partial charge < -0.3 is 15.0 Å². The third-order valence-corrected chi connectivity index (χ3v) is 4.49. The van der Waals surface area contributed by atoms with E-state index in [1.807, 2.05) is 0 Å². The van der Waals surface area contributed by atoms with Gasteiger partial charge in [-0.2, -0.15) is 0 Å². The standard InChI is InChI=1S/C16H24N4O2/c1-2-7-20-10-12-4-3-8-22-15(12)14(11-20)19-16(21)13-9-17-5-6-18-13/h5-6,9,12,14-15H,2-4,7-8,10-11H2,1H3,(H,19,21)/t12-,14+,15-/m0/s1. The highest BCUT2D eigenvalue weighted by Gasteiger charge is 2.39. The normalized spacial score (nSPS) is 28.9. The van der Waals surface area contributed by atoms with Crippen LogP contribution in [0, 0.1) is 5.92 Å². The predicted molar refractivity (Wildman–Crippen MR) is 82.5 cm³/mol. The van der Waals surface area contributed by atoms with Gasteiger partial charge >= 0.3 is 0 Å². The third-order valence-electron chi connectivity index (χ3n) is 4.49. The Balaban J connectivity index is 1.70. The Morgan fingerprint density at radius 3 is 3.14 bits per heavy atom. The fourth-order valence-electron chi connectivity index (χ4n) is 3.58. The zero-order valence-electron chi connectivity index (χ0n) is 13.1. The van der Waals surface area contributed by atoms with Crippen LogP contribution >= 0.6 is 0 Å². The second-order valence-electron chi connectivity index (χ2n) is 6.17. The molecule has 0 saturated carbocycles. The molecule has 2 saturated heterocycles. The van der Waals surface area contributed by atoms with E-state index >= 15 is 0 Å². The maximum Gasteiger partial charge on any atom is 0.271 e. The average molecular weight is 304 g/mol. The Hall–Kier alpha value is -1.53. The van der Waals surface area contributed by atoms with E-state index in [1.54, 1.807) is 12.4 Å². The first-order valence-electron chi connectivity index (χ1n) is 8.18. The van der Waals surface area contributed by atoms with E-state index in [-0.39, 0.29) is 18.1 Å². The SMILES string of the molecule is CCCN1C[C@@H]2CCCO[C@@H]2[C@H](NC(=O)c2cnccn2)C1. The number of hydrogen-bond donors (Lipinski definition) is 1. The predicted octanol–water partition coefficient (Wildman–Crippen LogP) is 1.10. The van der Waals surface area contributed by atoms with Crippen LogP contribution in [-0.4, -0.2) is 59.2 Å². The molecule has 22 heavy (non-hydrogen) atoms. The Bertz CT molecular complexity index is 496. The van der Waals surface area contributed by atoms with Crippen LogP contribution in [0.3, 0.4) is 0 Å². The van der Waals surface area contributed by atoms with Gasteiger partial charge in [0.15, 0.2) is 0 Å². The number of hydrogen-bond acceptors (Lipinski definition) is 5. The molecule has 3 heterocycles. The molecule has 6 nitrogen and oxygen atoms in total. The van der Waals surface area contributed by atoms with Gasteiger partial charge in [-0.1, -0.05) is 6.92 Å². The number of rotatable bonds is 4. The van der Waals surface area contributed by atoms with Crippen molar-refractivity contribution in [2.24, 2.45) is 5.92 Å². The zero-order chi connectivity index (χ0) is 15.4. The van der Waals surface area contributed by atoms with E-state index in [9.17, 15) is 4.79 Å². The molecule has 2 aliphatic rings. The van der Waals surface area contributed by atoms with Crippen LogP contribution in [0.25, 0.3) is 0 Å². The third kappa shape index (κ3) is 3.44. The van der Waals surface area contributed by atoms with Gasteiger partial charge in [0.05, 0.1) is 18.3 Å². The fourth-order valence-corrected chi connectivity index (χ4v) is 3.58. The van der Waals surface area contributed by atoms with Gasteiger partial charge in [0.1, 0.15) is 5.69 Å². The monoisotopic (exact) mass is 304 g/mol. The van der Waals surface area contributed by atoms with Crippen molar-refractivity contribution in [3.05, 3.63) is 24.3 Å². The number of fused-ring (bicyclic) bond motifs is 1. The van der Waals surface area contributed by atoms with Crippen LogP contribution in [0.15, 0.2) is 18.6 Å². The number of ether oxygens (including phenoxy) is 1. The Labute approximate surface area is 131 Å². The topological polar surface area (TPSA) is 67.3 Å². The van der Waals surface area contributed by atoms with Crippen molar-refractivity contribution in [1.82, 2.24) is 20.2 Å². The van der Waals surface area contributed by atoms with Crippen LogP contribution in [0.2, 0.25) is 0 Å². The summed E-state index contributed by atoms with van der Waals surface area (Å²) >= 11 is 0. The minimum atomic E-state index is -0.163. The maximum absolute atomic E-state index is 12.4. The molecule has 2 fully saturated rings. The van der Waals surface area contributed by atoms with Crippen molar-refractivity contribution in [3.8, 4) is 0 Å². The molecule has 0 unspecified atom stereocenters. The van der Waals surface area contributed by atoms with Gasteiger partial charge in [-0.15, -0.1) is 0 Å². The van der Waals surface area contributed by atoms with Crippen molar-refractivity contribution in [3.63, 3.8) is 0 Å². The van der Waals surface area contributed by atoms with Gasteiger partial charge in [0.2, 0.25) is 0 Å². The summed E-state index contributed by atoms with van der Waals surface area (Å²) < 4.78 is 5.98. The highest BCUT2D eigenvalue weighted by molar-refractivity contribution is 5.92. The first-order chi connectivity index (χ1) is 10.8. The van der Waals surface area contributed by atoms with E-state index in [0.29, 0.717) is 11.6 Å². The first kappa shape index (κ1) is 15.4. The molecule has 1 N–H and O–H groups in total. The lowest BCUT2D eigenvalue weighted by atomic mass is 9.85. The van der Waals surface area contributed by atoms with Crippen molar-refractivity contribution in [1.29, 1.82) is 0 Å².